The number of halogens is 1. The molecule has 4 heteroatoms. The Morgan fingerprint density at radius 1 is 1.42 bits per heavy atom. The molecule has 3 nitrogen and oxygen atoms in total. The van der Waals surface area contributed by atoms with Crippen molar-refractivity contribution in [1.82, 2.24) is 9.97 Å². The molecule has 0 amide bonds. The fraction of sp³-hybridized carbons (Fsp3) is 0.400. The Labute approximate surface area is 121 Å². The van der Waals surface area contributed by atoms with Crippen molar-refractivity contribution < 1.29 is 5.11 Å². The lowest BCUT2D eigenvalue weighted by atomic mass is 9.69. The van der Waals surface area contributed by atoms with Gasteiger partial charge in [-0.25, -0.2) is 4.98 Å². The van der Waals surface area contributed by atoms with E-state index in [1.165, 1.54) is 12.0 Å². The maximum atomic E-state index is 9.60. The Balaban J connectivity index is 1.99. The van der Waals surface area contributed by atoms with Crippen molar-refractivity contribution in [2.75, 3.05) is 6.61 Å². The van der Waals surface area contributed by atoms with E-state index in [9.17, 15) is 5.11 Å². The summed E-state index contributed by atoms with van der Waals surface area (Å²) in [5.41, 5.74) is 3.26. The van der Waals surface area contributed by atoms with E-state index in [0.717, 1.165) is 34.4 Å². The zero-order valence-electron chi connectivity index (χ0n) is 10.9. The Kier molecular flexibility index (Phi) is 3.23. The largest absolute Gasteiger partial charge is 0.395 e. The zero-order valence-corrected chi connectivity index (χ0v) is 12.5. The Bertz CT molecular complexity index is 596. The Hall–Kier alpha value is -1.13. The number of aromatic amines is 1. The first kappa shape index (κ1) is 12.9. The van der Waals surface area contributed by atoms with Gasteiger partial charge in [0.15, 0.2) is 0 Å². The molecule has 1 fully saturated rings. The second-order valence-corrected chi connectivity index (χ2v) is 6.31. The van der Waals surface area contributed by atoms with Crippen LogP contribution in [0.4, 0.5) is 0 Å². The molecule has 1 saturated carbocycles. The van der Waals surface area contributed by atoms with Crippen LogP contribution in [0.2, 0.25) is 0 Å². The van der Waals surface area contributed by atoms with E-state index in [1.54, 1.807) is 0 Å². The van der Waals surface area contributed by atoms with Gasteiger partial charge in [-0.15, -0.1) is 0 Å². The summed E-state index contributed by atoms with van der Waals surface area (Å²) >= 11 is 3.50. The average molecular weight is 321 g/mol. The van der Waals surface area contributed by atoms with E-state index in [0.29, 0.717) is 0 Å². The van der Waals surface area contributed by atoms with E-state index < -0.39 is 0 Å². The number of imidazole rings is 1. The van der Waals surface area contributed by atoms with Gasteiger partial charge in [0, 0.05) is 10.0 Å². The van der Waals surface area contributed by atoms with Crippen LogP contribution in [0, 0.1) is 6.92 Å². The predicted molar refractivity (Wildman–Crippen MR) is 79.1 cm³/mol. The van der Waals surface area contributed by atoms with Gasteiger partial charge in [-0.1, -0.05) is 28.4 Å². The van der Waals surface area contributed by atoms with Gasteiger partial charge >= 0.3 is 0 Å². The SMILES string of the molecule is Cc1ccc(Br)cc1-c1cnc(C2(CO)CCC2)[nH]1. The van der Waals surface area contributed by atoms with E-state index in [1.807, 2.05) is 12.3 Å². The van der Waals surface area contributed by atoms with Crippen LogP contribution in [-0.2, 0) is 5.41 Å². The second-order valence-electron chi connectivity index (χ2n) is 5.40. The number of rotatable bonds is 3. The molecule has 3 rings (SSSR count). The molecule has 2 aromatic rings. The van der Waals surface area contributed by atoms with Crippen LogP contribution in [0.25, 0.3) is 11.3 Å². The normalized spacial score (nSPS) is 17.2. The lowest BCUT2D eigenvalue weighted by Gasteiger charge is -2.38. The van der Waals surface area contributed by atoms with E-state index >= 15 is 0 Å². The highest BCUT2D eigenvalue weighted by Crippen LogP contribution is 2.42. The molecular formula is C15H17BrN2O. The predicted octanol–water partition coefficient (Wildman–Crippen LogP) is 3.56. The van der Waals surface area contributed by atoms with Crippen molar-refractivity contribution >= 4 is 15.9 Å². The van der Waals surface area contributed by atoms with E-state index in [-0.39, 0.29) is 12.0 Å². The summed E-state index contributed by atoms with van der Waals surface area (Å²) in [4.78, 5) is 7.90. The van der Waals surface area contributed by atoms with Crippen LogP contribution in [0.1, 0.15) is 30.7 Å². The van der Waals surface area contributed by atoms with Crippen molar-refractivity contribution in [3.05, 3.63) is 40.3 Å². The standard InChI is InChI=1S/C15H17BrN2O/c1-10-3-4-11(16)7-12(10)13-8-17-14(18-13)15(9-19)5-2-6-15/h3-4,7-8,19H,2,5-6,9H2,1H3,(H,17,18). The minimum atomic E-state index is -0.127. The molecule has 1 aromatic heterocycles. The van der Waals surface area contributed by atoms with Gasteiger partial charge < -0.3 is 10.1 Å². The molecule has 0 saturated heterocycles. The van der Waals surface area contributed by atoms with Crippen molar-refractivity contribution in [3.8, 4) is 11.3 Å². The summed E-state index contributed by atoms with van der Waals surface area (Å²) in [6.45, 7) is 2.27. The van der Waals surface area contributed by atoms with Gasteiger partial charge in [0.25, 0.3) is 0 Å². The lowest BCUT2D eigenvalue weighted by molar-refractivity contribution is 0.113. The summed E-state index contributed by atoms with van der Waals surface area (Å²) in [6.07, 6.45) is 5.09. The summed E-state index contributed by atoms with van der Waals surface area (Å²) in [5, 5.41) is 9.60. The Morgan fingerprint density at radius 3 is 2.84 bits per heavy atom. The lowest BCUT2D eigenvalue weighted by Crippen LogP contribution is -2.39. The summed E-state index contributed by atoms with van der Waals surface area (Å²) < 4.78 is 1.06. The summed E-state index contributed by atoms with van der Waals surface area (Å²) in [5.74, 6) is 0.927. The molecule has 2 N–H and O–H groups in total. The third-order valence-electron chi connectivity index (χ3n) is 4.18. The summed E-state index contributed by atoms with van der Waals surface area (Å²) in [7, 11) is 0. The van der Waals surface area contributed by atoms with Gasteiger partial charge in [-0.05, 0) is 37.5 Å². The second kappa shape index (κ2) is 4.76. The first-order valence-corrected chi connectivity index (χ1v) is 7.37. The summed E-state index contributed by atoms with van der Waals surface area (Å²) in [6, 6.07) is 6.22. The smallest absolute Gasteiger partial charge is 0.115 e. The number of nitrogens with zero attached hydrogens (tertiary/aromatic N) is 1. The van der Waals surface area contributed by atoms with Crippen molar-refractivity contribution in [2.24, 2.45) is 0 Å². The number of benzene rings is 1. The van der Waals surface area contributed by atoms with Gasteiger partial charge in [-0.3, -0.25) is 0 Å². The van der Waals surface area contributed by atoms with Crippen LogP contribution < -0.4 is 0 Å². The molecule has 1 aliphatic rings. The highest BCUT2D eigenvalue weighted by molar-refractivity contribution is 9.10. The van der Waals surface area contributed by atoms with Crippen LogP contribution in [0.5, 0.6) is 0 Å². The molecule has 0 aliphatic heterocycles. The Morgan fingerprint density at radius 2 is 2.21 bits per heavy atom. The van der Waals surface area contributed by atoms with Crippen LogP contribution in [-0.4, -0.2) is 21.7 Å². The topological polar surface area (TPSA) is 48.9 Å². The fourth-order valence-corrected chi connectivity index (χ4v) is 3.05. The zero-order chi connectivity index (χ0) is 13.5. The third-order valence-corrected chi connectivity index (χ3v) is 4.67. The quantitative estimate of drug-likeness (QED) is 0.908. The first-order valence-electron chi connectivity index (χ1n) is 6.57. The van der Waals surface area contributed by atoms with Gasteiger partial charge in [0.2, 0.25) is 0 Å². The number of hydrogen-bond acceptors (Lipinski definition) is 2. The van der Waals surface area contributed by atoms with Gasteiger partial charge in [-0.2, -0.15) is 0 Å². The minimum absolute atomic E-state index is 0.127. The maximum Gasteiger partial charge on any atom is 0.115 e. The molecule has 19 heavy (non-hydrogen) atoms. The van der Waals surface area contributed by atoms with Crippen molar-refractivity contribution in [3.63, 3.8) is 0 Å². The average Bonchev–Trinajstić information content (AvgIpc) is 2.81. The molecule has 1 aromatic carbocycles. The fourth-order valence-electron chi connectivity index (χ4n) is 2.69. The number of nitrogens with one attached hydrogen (secondary N) is 1. The van der Waals surface area contributed by atoms with Crippen molar-refractivity contribution in [1.29, 1.82) is 0 Å². The van der Waals surface area contributed by atoms with Crippen LogP contribution in [0.15, 0.2) is 28.9 Å². The van der Waals surface area contributed by atoms with Gasteiger partial charge in [0.1, 0.15) is 5.82 Å². The van der Waals surface area contributed by atoms with E-state index in [2.05, 4.69) is 45.0 Å². The minimum Gasteiger partial charge on any atom is -0.395 e. The monoisotopic (exact) mass is 320 g/mol. The number of aliphatic hydroxyl groups excluding tert-OH is 1. The highest BCUT2D eigenvalue weighted by Gasteiger charge is 2.40. The van der Waals surface area contributed by atoms with Gasteiger partial charge in [0.05, 0.1) is 23.9 Å². The molecule has 0 radical (unpaired) electrons. The first-order chi connectivity index (χ1) is 9.14. The number of aryl methyl sites for hydroxylation is 1. The molecule has 1 heterocycles. The molecule has 100 valence electrons. The number of aliphatic hydroxyl groups is 1. The van der Waals surface area contributed by atoms with Crippen LogP contribution in [0.3, 0.4) is 0 Å². The van der Waals surface area contributed by atoms with Crippen LogP contribution >= 0.6 is 15.9 Å². The molecule has 0 unspecified atom stereocenters. The molecule has 0 atom stereocenters. The highest BCUT2D eigenvalue weighted by atomic mass is 79.9. The molecular weight excluding hydrogens is 304 g/mol. The third kappa shape index (κ3) is 2.13. The maximum absolute atomic E-state index is 9.60. The van der Waals surface area contributed by atoms with Crippen molar-refractivity contribution in [2.45, 2.75) is 31.6 Å². The van der Waals surface area contributed by atoms with E-state index in [4.69, 9.17) is 0 Å². The molecule has 1 aliphatic carbocycles. The number of H-pyrrole nitrogens is 1. The number of hydrogen-bond donors (Lipinski definition) is 2. The number of aromatic nitrogens is 2. The molecule has 0 spiro atoms. The molecule has 0 bridgehead atoms.